The van der Waals surface area contributed by atoms with Gasteiger partial charge in [-0.05, 0) is 37.2 Å². The molecule has 0 fully saturated rings. The van der Waals surface area contributed by atoms with E-state index in [4.69, 9.17) is 4.74 Å². The van der Waals surface area contributed by atoms with Crippen molar-refractivity contribution < 1.29 is 4.74 Å². The van der Waals surface area contributed by atoms with Gasteiger partial charge in [0.25, 0.3) is 0 Å². The van der Waals surface area contributed by atoms with E-state index in [1.165, 1.54) is 12.0 Å². The van der Waals surface area contributed by atoms with Crippen LogP contribution in [-0.2, 0) is 4.74 Å². The van der Waals surface area contributed by atoms with Crippen LogP contribution in [0, 0.1) is 11.8 Å². The highest BCUT2D eigenvalue weighted by atomic mass is 16.5. The van der Waals surface area contributed by atoms with E-state index in [0.717, 1.165) is 18.9 Å². The van der Waals surface area contributed by atoms with E-state index in [1.54, 1.807) is 0 Å². The summed E-state index contributed by atoms with van der Waals surface area (Å²) in [5.74, 6) is 1.44. The molecule has 0 radical (unpaired) electrons. The summed E-state index contributed by atoms with van der Waals surface area (Å²) < 4.78 is 5.57. The van der Waals surface area contributed by atoms with Crippen LogP contribution in [0.4, 0.5) is 0 Å². The summed E-state index contributed by atoms with van der Waals surface area (Å²) in [5, 5.41) is 0. The van der Waals surface area contributed by atoms with Gasteiger partial charge in [-0.25, -0.2) is 0 Å². The van der Waals surface area contributed by atoms with Crippen molar-refractivity contribution in [3.05, 3.63) is 23.8 Å². The topological polar surface area (TPSA) is 9.23 Å². The zero-order valence-electron chi connectivity index (χ0n) is 10.5. The Morgan fingerprint density at radius 3 is 2.53 bits per heavy atom. The van der Waals surface area contributed by atoms with Crippen LogP contribution in [-0.4, -0.2) is 12.7 Å². The largest absolute Gasteiger partial charge is 0.374 e. The SMILES string of the molecule is CCOC1C=CC(C(CC)C(C)C)=CC1. The van der Waals surface area contributed by atoms with Gasteiger partial charge in [-0.2, -0.15) is 0 Å². The van der Waals surface area contributed by atoms with Crippen molar-refractivity contribution in [2.24, 2.45) is 11.8 Å². The molecule has 1 rings (SSSR count). The Balaban J connectivity index is 2.56. The van der Waals surface area contributed by atoms with E-state index >= 15 is 0 Å². The summed E-state index contributed by atoms with van der Waals surface area (Å²) in [5.41, 5.74) is 1.50. The van der Waals surface area contributed by atoms with Crippen LogP contribution in [0.1, 0.15) is 40.5 Å². The minimum absolute atomic E-state index is 0.309. The van der Waals surface area contributed by atoms with Crippen molar-refractivity contribution in [3.63, 3.8) is 0 Å². The predicted molar refractivity (Wildman–Crippen MR) is 65.9 cm³/mol. The predicted octanol–water partition coefficient (Wildman–Crippen LogP) is 3.96. The fraction of sp³-hybridized carbons (Fsp3) is 0.714. The van der Waals surface area contributed by atoms with Crippen molar-refractivity contribution in [1.29, 1.82) is 0 Å². The molecule has 0 aromatic carbocycles. The van der Waals surface area contributed by atoms with Gasteiger partial charge in [0.05, 0.1) is 6.10 Å². The summed E-state index contributed by atoms with van der Waals surface area (Å²) in [6, 6.07) is 0. The van der Waals surface area contributed by atoms with Crippen molar-refractivity contribution in [3.8, 4) is 0 Å². The molecule has 1 nitrogen and oxygen atoms in total. The molecule has 2 unspecified atom stereocenters. The second-order valence-electron chi connectivity index (χ2n) is 4.55. The fourth-order valence-corrected chi connectivity index (χ4v) is 2.32. The molecule has 0 saturated heterocycles. The Morgan fingerprint density at radius 2 is 2.13 bits per heavy atom. The van der Waals surface area contributed by atoms with E-state index in [-0.39, 0.29) is 0 Å². The summed E-state index contributed by atoms with van der Waals surface area (Å²) in [7, 11) is 0. The molecule has 0 saturated carbocycles. The van der Waals surface area contributed by atoms with Gasteiger partial charge in [0, 0.05) is 6.61 Å². The Morgan fingerprint density at radius 1 is 1.40 bits per heavy atom. The maximum absolute atomic E-state index is 5.57. The second-order valence-corrected chi connectivity index (χ2v) is 4.55. The quantitative estimate of drug-likeness (QED) is 0.664. The third kappa shape index (κ3) is 3.49. The molecular weight excluding hydrogens is 184 g/mol. The zero-order valence-corrected chi connectivity index (χ0v) is 10.5. The Labute approximate surface area is 94.2 Å². The fourth-order valence-electron chi connectivity index (χ4n) is 2.32. The standard InChI is InChI=1S/C14H24O/c1-5-14(11(3)4)12-7-9-13(10-8-12)15-6-2/h7-9,11,13-14H,5-6,10H2,1-4H3. The summed E-state index contributed by atoms with van der Waals surface area (Å²) in [6.07, 6.45) is 9.41. The van der Waals surface area contributed by atoms with E-state index in [2.05, 4.69) is 45.9 Å². The number of hydrogen-bond acceptors (Lipinski definition) is 1. The lowest BCUT2D eigenvalue weighted by molar-refractivity contribution is 0.0971. The smallest absolute Gasteiger partial charge is 0.0793 e. The van der Waals surface area contributed by atoms with Gasteiger partial charge in [0.1, 0.15) is 0 Å². The molecule has 0 spiro atoms. The second kappa shape index (κ2) is 6.12. The first-order chi connectivity index (χ1) is 7.19. The van der Waals surface area contributed by atoms with Gasteiger partial charge < -0.3 is 4.74 Å². The lowest BCUT2D eigenvalue weighted by Crippen LogP contribution is -2.16. The first-order valence-electron chi connectivity index (χ1n) is 6.18. The summed E-state index contributed by atoms with van der Waals surface area (Å²) in [6.45, 7) is 9.73. The lowest BCUT2D eigenvalue weighted by Gasteiger charge is -2.24. The van der Waals surface area contributed by atoms with Crippen LogP contribution in [0.15, 0.2) is 23.8 Å². The van der Waals surface area contributed by atoms with Crippen LogP contribution in [0.2, 0.25) is 0 Å². The third-order valence-electron chi connectivity index (χ3n) is 3.14. The lowest BCUT2D eigenvalue weighted by atomic mass is 9.83. The van der Waals surface area contributed by atoms with Gasteiger partial charge >= 0.3 is 0 Å². The maximum atomic E-state index is 5.57. The maximum Gasteiger partial charge on any atom is 0.0793 e. The molecule has 86 valence electrons. The molecule has 15 heavy (non-hydrogen) atoms. The van der Waals surface area contributed by atoms with Crippen LogP contribution in [0.5, 0.6) is 0 Å². The minimum atomic E-state index is 0.309. The number of ether oxygens (including phenoxy) is 1. The van der Waals surface area contributed by atoms with Crippen molar-refractivity contribution in [1.82, 2.24) is 0 Å². The molecule has 0 N–H and O–H groups in total. The molecule has 0 aliphatic heterocycles. The first-order valence-corrected chi connectivity index (χ1v) is 6.18. The van der Waals surface area contributed by atoms with Crippen molar-refractivity contribution in [2.75, 3.05) is 6.61 Å². The monoisotopic (exact) mass is 208 g/mol. The van der Waals surface area contributed by atoms with Gasteiger partial charge in [0.15, 0.2) is 0 Å². The highest BCUT2D eigenvalue weighted by Crippen LogP contribution is 2.28. The molecule has 0 amide bonds. The van der Waals surface area contributed by atoms with E-state index < -0.39 is 0 Å². The molecule has 1 heteroatoms. The molecule has 0 aromatic heterocycles. The molecule has 1 aliphatic carbocycles. The van der Waals surface area contributed by atoms with Crippen LogP contribution < -0.4 is 0 Å². The molecular formula is C14H24O. The van der Waals surface area contributed by atoms with Crippen LogP contribution in [0.25, 0.3) is 0 Å². The normalized spacial score (nSPS) is 23.0. The highest BCUT2D eigenvalue weighted by molar-refractivity contribution is 5.27. The summed E-state index contributed by atoms with van der Waals surface area (Å²) in [4.78, 5) is 0. The van der Waals surface area contributed by atoms with Gasteiger partial charge in [-0.15, -0.1) is 0 Å². The molecule has 0 heterocycles. The van der Waals surface area contributed by atoms with Gasteiger partial charge in [0.2, 0.25) is 0 Å². The highest BCUT2D eigenvalue weighted by Gasteiger charge is 2.17. The Bertz CT molecular complexity index is 238. The number of rotatable bonds is 5. The van der Waals surface area contributed by atoms with E-state index in [9.17, 15) is 0 Å². The number of hydrogen-bond donors (Lipinski definition) is 0. The van der Waals surface area contributed by atoms with Gasteiger partial charge in [-0.3, -0.25) is 0 Å². The average Bonchev–Trinajstić information content (AvgIpc) is 2.21. The molecule has 0 bridgehead atoms. The minimum Gasteiger partial charge on any atom is -0.374 e. The Kier molecular flexibility index (Phi) is 5.10. The van der Waals surface area contributed by atoms with Crippen molar-refractivity contribution >= 4 is 0 Å². The Hall–Kier alpha value is -0.560. The number of allylic oxidation sites excluding steroid dienone is 2. The van der Waals surface area contributed by atoms with Crippen LogP contribution >= 0.6 is 0 Å². The van der Waals surface area contributed by atoms with Crippen molar-refractivity contribution in [2.45, 2.75) is 46.6 Å². The zero-order chi connectivity index (χ0) is 11.3. The van der Waals surface area contributed by atoms with Crippen LogP contribution in [0.3, 0.4) is 0 Å². The van der Waals surface area contributed by atoms with E-state index in [1.807, 2.05) is 0 Å². The first kappa shape index (κ1) is 12.5. The average molecular weight is 208 g/mol. The molecule has 2 atom stereocenters. The van der Waals surface area contributed by atoms with Gasteiger partial charge in [-0.1, -0.05) is 39.0 Å². The van der Waals surface area contributed by atoms with E-state index in [0.29, 0.717) is 12.0 Å². The molecule has 0 aromatic rings. The third-order valence-corrected chi connectivity index (χ3v) is 3.14. The molecule has 1 aliphatic rings. The summed E-state index contributed by atoms with van der Waals surface area (Å²) >= 11 is 0.